The second-order valence-corrected chi connectivity index (χ2v) is 6.72. The number of ether oxygens (including phenoxy) is 1. The predicted octanol–water partition coefficient (Wildman–Crippen LogP) is 0.291. The third-order valence-electron chi connectivity index (χ3n) is 3.15. The molecular formula is C15H21N3O5S. The number of esters is 1. The topological polar surface area (TPSA) is 97.7 Å². The van der Waals surface area contributed by atoms with Crippen LogP contribution in [0, 0.1) is 0 Å². The van der Waals surface area contributed by atoms with Gasteiger partial charge in [-0.2, -0.15) is 0 Å². The smallest absolute Gasteiger partial charge is 0.355 e. The number of nitrogens with zero attached hydrogens (tertiary/aromatic N) is 2. The number of carbonyl (C=O) groups excluding carboxylic acids is 2. The summed E-state index contributed by atoms with van der Waals surface area (Å²) in [5, 5.41) is 0. The minimum Gasteiger partial charge on any atom is -0.451 e. The molecule has 0 aromatic carbocycles. The maximum absolute atomic E-state index is 12.1. The van der Waals surface area contributed by atoms with Crippen LogP contribution in [0.1, 0.15) is 10.5 Å². The molecule has 1 heterocycles. The molecule has 1 aromatic heterocycles. The van der Waals surface area contributed by atoms with Crippen LogP contribution in [-0.4, -0.2) is 56.5 Å². The molecule has 1 aromatic rings. The SMILES string of the molecule is C=CCN(CC=C)C(=O)COC(=O)c1cc(S(=O)(=O)NC)cn1C. The van der Waals surface area contributed by atoms with Crippen LogP contribution in [0.4, 0.5) is 0 Å². The number of hydrogen-bond acceptors (Lipinski definition) is 5. The Morgan fingerprint density at radius 1 is 1.33 bits per heavy atom. The lowest BCUT2D eigenvalue weighted by molar-refractivity contribution is -0.133. The van der Waals surface area contributed by atoms with Gasteiger partial charge in [-0.1, -0.05) is 12.2 Å². The van der Waals surface area contributed by atoms with Gasteiger partial charge in [0.25, 0.3) is 5.91 Å². The molecule has 0 saturated carbocycles. The van der Waals surface area contributed by atoms with Crippen LogP contribution in [0.25, 0.3) is 0 Å². The van der Waals surface area contributed by atoms with E-state index < -0.39 is 28.5 Å². The summed E-state index contributed by atoms with van der Waals surface area (Å²) in [6, 6.07) is 1.18. The van der Waals surface area contributed by atoms with Gasteiger partial charge in [0.05, 0.1) is 0 Å². The summed E-state index contributed by atoms with van der Waals surface area (Å²) in [5.74, 6) is -1.19. The van der Waals surface area contributed by atoms with Crippen LogP contribution < -0.4 is 4.72 Å². The van der Waals surface area contributed by atoms with Gasteiger partial charge < -0.3 is 14.2 Å². The molecule has 0 saturated heterocycles. The highest BCUT2D eigenvalue weighted by Crippen LogP contribution is 2.14. The van der Waals surface area contributed by atoms with E-state index in [4.69, 9.17) is 4.74 Å². The number of aryl methyl sites for hydroxylation is 1. The Balaban J connectivity index is 2.80. The van der Waals surface area contributed by atoms with Crippen molar-refractivity contribution in [3.63, 3.8) is 0 Å². The highest BCUT2D eigenvalue weighted by atomic mass is 32.2. The molecule has 0 aliphatic rings. The van der Waals surface area contributed by atoms with Crippen LogP contribution >= 0.6 is 0 Å². The van der Waals surface area contributed by atoms with Crippen molar-refractivity contribution in [2.75, 3.05) is 26.7 Å². The number of nitrogens with one attached hydrogen (secondary N) is 1. The first-order chi connectivity index (χ1) is 11.3. The Morgan fingerprint density at radius 3 is 2.42 bits per heavy atom. The molecule has 0 spiro atoms. The predicted molar refractivity (Wildman–Crippen MR) is 88.9 cm³/mol. The second kappa shape index (κ2) is 8.46. The van der Waals surface area contributed by atoms with Crippen LogP contribution in [-0.2, 0) is 26.6 Å². The van der Waals surface area contributed by atoms with Gasteiger partial charge >= 0.3 is 5.97 Å². The van der Waals surface area contributed by atoms with E-state index in [1.54, 1.807) is 12.2 Å². The number of sulfonamides is 1. The third-order valence-corrected chi connectivity index (χ3v) is 4.53. The molecule has 0 radical (unpaired) electrons. The quantitative estimate of drug-likeness (QED) is 0.507. The Morgan fingerprint density at radius 2 is 1.92 bits per heavy atom. The summed E-state index contributed by atoms with van der Waals surface area (Å²) in [7, 11) is -0.889. The van der Waals surface area contributed by atoms with Crippen molar-refractivity contribution in [3.05, 3.63) is 43.3 Å². The number of amides is 1. The molecular weight excluding hydrogens is 334 g/mol. The molecule has 0 atom stereocenters. The molecule has 132 valence electrons. The largest absolute Gasteiger partial charge is 0.451 e. The van der Waals surface area contributed by atoms with E-state index in [-0.39, 0.29) is 10.6 Å². The summed E-state index contributed by atoms with van der Waals surface area (Å²) in [6.45, 7) is 7.25. The Kier molecular flexibility index (Phi) is 6.93. The fraction of sp³-hybridized carbons (Fsp3) is 0.333. The maximum Gasteiger partial charge on any atom is 0.355 e. The summed E-state index contributed by atoms with van der Waals surface area (Å²) in [4.78, 5) is 25.4. The van der Waals surface area contributed by atoms with Crippen LogP contribution in [0.2, 0.25) is 0 Å². The van der Waals surface area contributed by atoms with Gasteiger partial charge in [-0.3, -0.25) is 4.79 Å². The van der Waals surface area contributed by atoms with E-state index in [2.05, 4.69) is 17.9 Å². The molecule has 1 N–H and O–H groups in total. The van der Waals surface area contributed by atoms with Crippen LogP contribution in [0.5, 0.6) is 0 Å². The van der Waals surface area contributed by atoms with Gasteiger partial charge in [0.15, 0.2) is 6.61 Å². The van der Waals surface area contributed by atoms with E-state index >= 15 is 0 Å². The molecule has 0 aliphatic carbocycles. The first-order valence-electron chi connectivity index (χ1n) is 7.03. The van der Waals surface area contributed by atoms with E-state index in [0.717, 1.165) is 0 Å². The lowest BCUT2D eigenvalue weighted by Crippen LogP contribution is -2.35. The van der Waals surface area contributed by atoms with Gasteiger partial charge in [-0.15, -0.1) is 13.2 Å². The lowest BCUT2D eigenvalue weighted by atomic mass is 10.4. The Labute approximate surface area is 141 Å². The Hall–Kier alpha value is -2.39. The zero-order valence-corrected chi connectivity index (χ0v) is 14.5. The van der Waals surface area contributed by atoms with E-state index in [1.807, 2.05) is 0 Å². The van der Waals surface area contributed by atoms with Gasteiger partial charge in [-0.05, 0) is 13.1 Å². The van der Waals surface area contributed by atoms with Gasteiger partial charge in [-0.25, -0.2) is 17.9 Å². The third kappa shape index (κ3) is 4.80. The fourth-order valence-electron chi connectivity index (χ4n) is 1.88. The maximum atomic E-state index is 12.1. The first kappa shape index (κ1) is 19.7. The van der Waals surface area contributed by atoms with Crippen molar-refractivity contribution in [1.29, 1.82) is 0 Å². The summed E-state index contributed by atoms with van der Waals surface area (Å²) in [6.07, 6.45) is 4.39. The molecule has 1 amide bonds. The number of aromatic nitrogens is 1. The number of carbonyl (C=O) groups is 2. The minimum absolute atomic E-state index is 0.0237. The normalized spacial score (nSPS) is 10.9. The number of rotatable bonds is 9. The van der Waals surface area contributed by atoms with Crippen molar-refractivity contribution in [2.45, 2.75) is 4.90 Å². The van der Waals surface area contributed by atoms with E-state index in [1.165, 1.54) is 35.8 Å². The molecule has 0 fully saturated rings. The van der Waals surface area contributed by atoms with Gasteiger partial charge in [0.1, 0.15) is 10.6 Å². The lowest BCUT2D eigenvalue weighted by Gasteiger charge is -2.18. The average Bonchev–Trinajstić information content (AvgIpc) is 2.94. The van der Waals surface area contributed by atoms with Crippen molar-refractivity contribution in [2.24, 2.45) is 7.05 Å². The van der Waals surface area contributed by atoms with Crippen LogP contribution in [0.15, 0.2) is 42.5 Å². The molecule has 8 nitrogen and oxygen atoms in total. The molecule has 0 bridgehead atoms. The van der Waals surface area contributed by atoms with Crippen molar-refractivity contribution >= 4 is 21.9 Å². The van der Waals surface area contributed by atoms with Crippen molar-refractivity contribution < 1.29 is 22.7 Å². The standard InChI is InChI=1S/C15H21N3O5S/c1-5-7-18(8-6-2)14(19)11-23-15(20)13-9-12(10-17(13)4)24(21,22)16-3/h5-6,9-10,16H,1-2,7-8,11H2,3-4H3. The average molecular weight is 355 g/mol. The van der Waals surface area contributed by atoms with E-state index in [0.29, 0.717) is 13.1 Å². The van der Waals surface area contributed by atoms with Crippen molar-refractivity contribution in [1.82, 2.24) is 14.2 Å². The zero-order valence-electron chi connectivity index (χ0n) is 13.7. The summed E-state index contributed by atoms with van der Waals surface area (Å²) >= 11 is 0. The van der Waals surface area contributed by atoms with Crippen LogP contribution in [0.3, 0.4) is 0 Å². The van der Waals surface area contributed by atoms with Crippen molar-refractivity contribution in [3.8, 4) is 0 Å². The molecule has 0 aliphatic heterocycles. The van der Waals surface area contributed by atoms with Gasteiger partial charge in [0.2, 0.25) is 10.0 Å². The summed E-state index contributed by atoms with van der Waals surface area (Å²) < 4.78 is 31.9. The number of hydrogen-bond donors (Lipinski definition) is 1. The highest BCUT2D eigenvalue weighted by molar-refractivity contribution is 7.89. The molecule has 9 heteroatoms. The van der Waals surface area contributed by atoms with E-state index in [9.17, 15) is 18.0 Å². The zero-order chi connectivity index (χ0) is 18.3. The molecule has 24 heavy (non-hydrogen) atoms. The molecule has 0 unspecified atom stereocenters. The second-order valence-electron chi connectivity index (χ2n) is 4.83. The minimum atomic E-state index is -3.67. The first-order valence-corrected chi connectivity index (χ1v) is 8.51. The monoisotopic (exact) mass is 355 g/mol. The Bertz CT molecular complexity index is 726. The molecule has 1 rings (SSSR count). The summed E-state index contributed by atoms with van der Waals surface area (Å²) in [5.41, 5.74) is 0.0237. The van der Waals surface area contributed by atoms with Gasteiger partial charge in [0, 0.05) is 26.3 Å². The fourth-order valence-corrected chi connectivity index (χ4v) is 2.68. The highest BCUT2D eigenvalue weighted by Gasteiger charge is 2.21.